The largest absolute Gasteiger partial charge is 0.507 e. The van der Waals surface area contributed by atoms with E-state index in [9.17, 15) is 27.9 Å². The monoisotopic (exact) mass is 353 g/mol. The van der Waals surface area contributed by atoms with Gasteiger partial charge in [0.15, 0.2) is 0 Å². The number of halogens is 3. The zero-order chi connectivity index (χ0) is 18.4. The number of alkyl halides is 3. The molecule has 2 atom stereocenters. The number of hydrogen-bond donors (Lipinski definition) is 2. The normalized spacial score (nSPS) is 20.8. The minimum absolute atomic E-state index is 0.148. The topological polar surface area (TPSA) is 77.8 Å². The average molecular weight is 353 g/mol. The maximum absolute atomic E-state index is 13.0. The molecule has 0 radical (unpaired) electrons. The van der Waals surface area contributed by atoms with Crippen molar-refractivity contribution in [2.45, 2.75) is 6.18 Å². The number of aromatic hydroxyl groups is 1. The van der Waals surface area contributed by atoms with Gasteiger partial charge in [0.05, 0.1) is 17.4 Å². The van der Waals surface area contributed by atoms with Crippen molar-refractivity contribution < 1.29 is 33.0 Å². The molecule has 0 spiro atoms. The third-order valence-corrected chi connectivity index (χ3v) is 4.44. The zero-order valence-corrected chi connectivity index (χ0v) is 12.8. The van der Waals surface area contributed by atoms with Gasteiger partial charge in [-0.2, -0.15) is 13.2 Å². The van der Waals surface area contributed by atoms with Crippen LogP contribution in [0.15, 0.2) is 36.4 Å². The zero-order valence-electron chi connectivity index (χ0n) is 12.8. The second-order valence-corrected chi connectivity index (χ2v) is 6.02. The van der Waals surface area contributed by atoms with E-state index in [0.29, 0.717) is 10.8 Å². The van der Waals surface area contributed by atoms with Gasteiger partial charge >= 0.3 is 12.1 Å². The molecule has 0 aromatic heterocycles. The lowest BCUT2D eigenvalue weighted by Crippen LogP contribution is -2.34. The molecule has 1 aliphatic rings. The number of carbonyl (C=O) groups excluding carboxylic acids is 1. The lowest BCUT2D eigenvalue weighted by atomic mass is 9.96. The number of carbonyl (C=O) groups is 2. The highest BCUT2D eigenvalue weighted by atomic mass is 19.4. The van der Waals surface area contributed by atoms with Crippen LogP contribution in [0.4, 0.5) is 13.2 Å². The minimum atomic E-state index is -4.72. The molecular weight excluding hydrogens is 339 g/mol. The Kier molecular flexibility index (Phi) is 4.06. The summed E-state index contributed by atoms with van der Waals surface area (Å²) in [5, 5.41) is 20.4. The molecule has 25 heavy (non-hydrogen) atoms. The molecule has 1 heterocycles. The number of likely N-dealkylation sites (tertiary alicyclic amines) is 1. The van der Waals surface area contributed by atoms with Crippen LogP contribution in [-0.4, -0.2) is 46.3 Å². The van der Waals surface area contributed by atoms with Crippen LogP contribution in [0, 0.1) is 11.8 Å². The number of phenolic OH excluding ortho intramolecular Hbond substituents is 1. The summed E-state index contributed by atoms with van der Waals surface area (Å²) in [5.41, 5.74) is -0.148. The summed E-state index contributed by atoms with van der Waals surface area (Å²) >= 11 is 0. The Bertz CT molecular complexity index is 849. The third-order valence-electron chi connectivity index (χ3n) is 4.44. The van der Waals surface area contributed by atoms with E-state index < -0.39 is 43.0 Å². The van der Waals surface area contributed by atoms with Crippen LogP contribution in [0.25, 0.3) is 10.8 Å². The number of aliphatic carboxylic acids is 1. The van der Waals surface area contributed by atoms with Crippen LogP contribution < -0.4 is 0 Å². The van der Waals surface area contributed by atoms with Crippen molar-refractivity contribution in [3.8, 4) is 5.75 Å². The maximum atomic E-state index is 13.0. The van der Waals surface area contributed by atoms with Crippen molar-refractivity contribution in [3.05, 3.63) is 42.0 Å². The van der Waals surface area contributed by atoms with Crippen molar-refractivity contribution >= 4 is 22.6 Å². The van der Waals surface area contributed by atoms with Gasteiger partial charge in [0, 0.05) is 13.1 Å². The van der Waals surface area contributed by atoms with E-state index in [1.54, 1.807) is 24.3 Å². The van der Waals surface area contributed by atoms with Crippen LogP contribution in [0.3, 0.4) is 0 Å². The summed E-state index contributed by atoms with van der Waals surface area (Å²) in [6.45, 7) is -1.30. The molecule has 0 aliphatic carbocycles. The summed E-state index contributed by atoms with van der Waals surface area (Å²) in [6.07, 6.45) is -4.72. The Morgan fingerprint density at radius 1 is 1.08 bits per heavy atom. The fourth-order valence-electron chi connectivity index (χ4n) is 3.12. The van der Waals surface area contributed by atoms with Gasteiger partial charge in [0.1, 0.15) is 5.75 Å². The van der Waals surface area contributed by atoms with E-state index in [0.717, 1.165) is 4.90 Å². The van der Waals surface area contributed by atoms with Crippen LogP contribution >= 0.6 is 0 Å². The fourth-order valence-corrected chi connectivity index (χ4v) is 3.12. The number of nitrogens with zero attached hydrogens (tertiary/aromatic N) is 1. The van der Waals surface area contributed by atoms with E-state index >= 15 is 0 Å². The Morgan fingerprint density at radius 3 is 2.20 bits per heavy atom. The number of carboxylic acids is 1. The summed E-state index contributed by atoms with van der Waals surface area (Å²) in [5.74, 6) is -6.62. The third kappa shape index (κ3) is 3.11. The highest BCUT2D eigenvalue weighted by molar-refractivity contribution is 6.01. The van der Waals surface area contributed by atoms with Crippen LogP contribution in [0.5, 0.6) is 5.75 Å². The number of amides is 1. The predicted molar refractivity (Wildman–Crippen MR) is 82.2 cm³/mol. The summed E-state index contributed by atoms with van der Waals surface area (Å²) in [6, 6.07) is 9.64. The first kappa shape index (κ1) is 17.1. The number of fused-ring (bicyclic) bond motifs is 1. The second kappa shape index (κ2) is 5.94. The Labute approximate surface area is 140 Å². The van der Waals surface area contributed by atoms with Crippen molar-refractivity contribution in [2.75, 3.05) is 13.1 Å². The molecule has 2 aromatic carbocycles. The molecule has 0 bridgehead atoms. The van der Waals surface area contributed by atoms with Crippen molar-refractivity contribution in [3.63, 3.8) is 0 Å². The number of hydrogen-bond acceptors (Lipinski definition) is 3. The molecule has 5 nitrogen and oxygen atoms in total. The highest BCUT2D eigenvalue weighted by Gasteiger charge is 2.53. The number of benzene rings is 2. The molecule has 2 N–H and O–H groups in total. The van der Waals surface area contributed by atoms with Gasteiger partial charge in [-0.1, -0.05) is 24.3 Å². The SMILES string of the molecule is O=C(O)[C@@H]1CN(C(=O)c2cc3ccccc3cc2O)C[C@H]1C(F)(F)F. The molecule has 3 rings (SSSR count). The molecule has 1 aliphatic heterocycles. The smallest absolute Gasteiger partial charge is 0.394 e. The van der Waals surface area contributed by atoms with E-state index in [2.05, 4.69) is 0 Å². The number of rotatable bonds is 2. The van der Waals surface area contributed by atoms with Gasteiger partial charge < -0.3 is 15.1 Å². The molecular formula is C17H14F3NO4. The highest BCUT2D eigenvalue weighted by Crippen LogP contribution is 2.39. The molecule has 2 aromatic rings. The maximum Gasteiger partial charge on any atom is 0.394 e. The molecule has 0 saturated carbocycles. The minimum Gasteiger partial charge on any atom is -0.507 e. The average Bonchev–Trinajstić information content (AvgIpc) is 2.99. The summed E-state index contributed by atoms with van der Waals surface area (Å²) in [4.78, 5) is 24.5. The van der Waals surface area contributed by atoms with E-state index in [-0.39, 0.29) is 11.3 Å². The molecule has 1 saturated heterocycles. The van der Waals surface area contributed by atoms with E-state index in [1.165, 1.54) is 12.1 Å². The van der Waals surface area contributed by atoms with Crippen molar-refractivity contribution in [2.24, 2.45) is 11.8 Å². The van der Waals surface area contributed by atoms with E-state index in [1.807, 2.05) is 0 Å². The van der Waals surface area contributed by atoms with Crippen molar-refractivity contribution in [1.29, 1.82) is 0 Å². The summed E-state index contributed by atoms with van der Waals surface area (Å²) in [7, 11) is 0. The lowest BCUT2D eigenvalue weighted by molar-refractivity contribution is -0.187. The molecule has 8 heteroatoms. The first-order chi connectivity index (χ1) is 11.7. The summed E-state index contributed by atoms with van der Waals surface area (Å²) < 4.78 is 39.1. The first-order valence-electron chi connectivity index (χ1n) is 7.49. The first-order valence-corrected chi connectivity index (χ1v) is 7.49. The standard InChI is InChI=1S/C17H14F3NO4/c18-17(19,20)13-8-21(7-12(13)16(24)25)15(23)11-5-9-3-1-2-4-10(9)6-14(11)22/h1-6,12-13,22H,7-8H2,(H,24,25)/t12-,13-/m1/s1. The van der Waals surface area contributed by atoms with Gasteiger partial charge in [-0.05, 0) is 22.9 Å². The fraction of sp³-hybridized carbons (Fsp3) is 0.294. The molecule has 132 valence electrons. The molecule has 1 amide bonds. The lowest BCUT2D eigenvalue weighted by Gasteiger charge is -2.19. The Balaban J connectivity index is 1.93. The number of phenols is 1. The quantitative estimate of drug-likeness (QED) is 0.870. The molecule has 1 fully saturated rings. The van der Waals surface area contributed by atoms with Gasteiger partial charge in [0.25, 0.3) is 5.91 Å². The predicted octanol–water partition coefficient (Wildman–Crippen LogP) is 2.88. The van der Waals surface area contributed by atoms with Crippen LogP contribution in [0.1, 0.15) is 10.4 Å². The van der Waals surface area contributed by atoms with Gasteiger partial charge in [-0.3, -0.25) is 9.59 Å². The number of carboxylic acid groups (broad SMARTS) is 1. The van der Waals surface area contributed by atoms with Crippen molar-refractivity contribution in [1.82, 2.24) is 4.90 Å². The Hall–Kier alpha value is -2.77. The molecule has 0 unspecified atom stereocenters. The van der Waals surface area contributed by atoms with Crippen LogP contribution in [0.2, 0.25) is 0 Å². The van der Waals surface area contributed by atoms with Crippen LogP contribution in [-0.2, 0) is 4.79 Å². The van der Waals surface area contributed by atoms with Gasteiger partial charge in [0.2, 0.25) is 0 Å². The second-order valence-electron chi connectivity index (χ2n) is 6.02. The van der Waals surface area contributed by atoms with Gasteiger partial charge in [-0.25, -0.2) is 0 Å². The van der Waals surface area contributed by atoms with E-state index in [4.69, 9.17) is 5.11 Å². The Morgan fingerprint density at radius 2 is 1.68 bits per heavy atom. The van der Waals surface area contributed by atoms with Gasteiger partial charge in [-0.15, -0.1) is 0 Å².